The number of benzene rings is 2. The zero-order valence-corrected chi connectivity index (χ0v) is 12.5. The van der Waals surface area contributed by atoms with E-state index in [1.165, 1.54) is 36.4 Å². The summed E-state index contributed by atoms with van der Waals surface area (Å²) in [6, 6.07) is 10.3. The fourth-order valence-corrected chi connectivity index (χ4v) is 3.03. The molecule has 0 aliphatic carbocycles. The number of hydrogen-bond donors (Lipinski definition) is 2. The van der Waals surface area contributed by atoms with Gasteiger partial charge >= 0.3 is 0 Å². The first kappa shape index (κ1) is 15.1. The van der Waals surface area contributed by atoms with Crippen molar-refractivity contribution in [3.05, 3.63) is 58.1 Å². The Hall–Kier alpha value is -1.27. The Labute approximate surface area is 127 Å². The Morgan fingerprint density at radius 3 is 2.20 bits per heavy atom. The molecule has 0 atom stereocenters. The van der Waals surface area contributed by atoms with Crippen LogP contribution in [-0.2, 0) is 16.6 Å². The van der Waals surface area contributed by atoms with E-state index >= 15 is 0 Å². The van der Waals surface area contributed by atoms with Gasteiger partial charge in [-0.2, -0.15) is 0 Å². The number of nitrogens with one attached hydrogen (secondary N) is 1. The maximum absolute atomic E-state index is 12.2. The van der Waals surface area contributed by atoms with Gasteiger partial charge in [-0.1, -0.05) is 23.2 Å². The van der Waals surface area contributed by atoms with E-state index in [1.54, 1.807) is 6.07 Å². The lowest BCUT2D eigenvalue weighted by atomic mass is 10.2. The van der Waals surface area contributed by atoms with Gasteiger partial charge in [0.05, 0.1) is 17.2 Å². The van der Waals surface area contributed by atoms with Gasteiger partial charge in [-0.15, -0.1) is 0 Å². The van der Waals surface area contributed by atoms with Crippen LogP contribution in [0.1, 0.15) is 5.56 Å². The fourth-order valence-electron chi connectivity index (χ4n) is 1.61. The molecule has 0 amide bonds. The third kappa shape index (κ3) is 3.43. The monoisotopic (exact) mass is 331 g/mol. The van der Waals surface area contributed by atoms with Crippen molar-refractivity contribution in [2.75, 3.05) is 4.72 Å². The van der Waals surface area contributed by atoms with Crippen molar-refractivity contribution >= 4 is 38.9 Å². The van der Waals surface area contributed by atoms with Crippen LogP contribution in [0.25, 0.3) is 0 Å². The number of aliphatic hydroxyl groups is 1. The number of hydrogen-bond acceptors (Lipinski definition) is 3. The average molecular weight is 332 g/mol. The van der Waals surface area contributed by atoms with Crippen molar-refractivity contribution in [1.29, 1.82) is 0 Å². The zero-order valence-electron chi connectivity index (χ0n) is 10.2. The maximum Gasteiger partial charge on any atom is 0.261 e. The van der Waals surface area contributed by atoms with Gasteiger partial charge in [0.25, 0.3) is 10.0 Å². The minimum Gasteiger partial charge on any atom is -0.392 e. The van der Waals surface area contributed by atoms with Crippen LogP contribution in [0.4, 0.5) is 5.69 Å². The smallest absolute Gasteiger partial charge is 0.261 e. The lowest BCUT2D eigenvalue weighted by Crippen LogP contribution is -2.14. The lowest BCUT2D eigenvalue weighted by Gasteiger charge is -2.11. The van der Waals surface area contributed by atoms with Crippen molar-refractivity contribution in [1.82, 2.24) is 0 Å². The summed E-state index contributed by atoms with van der Waals surface area (Å²) in [4.78, 5) is 0.0840. The van der Waals surface area contributed by atoms with E-state index in [4.69, 9.17) is 23.2 Å². The third-order valence-corrected chi connectivity index (χ3v) is 4.47. The zero-order chi connectivity index (χ0) is 14.8. The molecule has 0 radical (unpaired) electrons. The number of aliphatic hydroxyl groups excluding tert-OH is 1. The van der Waals surface area contributed by atoms with E-state index in [9.17, 15) is 13.5 Å². The van der Waals surface area contributed by atoms with E-state index in [2.05, 4.69) is 4.72 Å². The SMILES string of the molecule is O=S(=O)(Nc1ccc(Cl)cc1CO)c1ccc(Cl)cc1. The topological polar surface area (TPSA) is 66.4 Å². The molecule has 2 rings (SSSR count). The number of rotatable bonds is 4. The molecule has 0 fully saturated rings. The molecule has 2 aromatic rings. The Morgan fingerprint density at radius 2 is 1.60 bits per heavy atom. The van der Waals surface area contributed by atoms with Crippen molar-refractivity contribution < 1.29 is 13.5 Å². The van der Waals surface area contributed by atoms with Crippen molar-refractivity contribution in [2.24, 2.45) is 0 Å². The van der Waals surface area contributed by atoms with Gasteiger partial charge in [0.2, 0.25) is 0 Å². The molecule has 7 heteroatoms. The second kappa shape index (κ2) is 6.01. The van der Waals surface area contributed by atoms with Gasteiger partial charge in [-0.25, -0.2) is 8.42 Å². The van der Waals surface area contributed by atoms with Crippen molar-refractivity contribution in [2.45, 2.75) is 11.5 Å². The van der Waals surface area contributed by atoms with Crippen molar-refractivity contribution in [3.63, 3.8) is 0 Å². The van der Waals surface area contributed by atoms with E-state index < -0.39 is 10.0 Å². The molecule has 0 bridgehead atoms. The number of sulfonamides is 1. The van der Waals surface area contributed by atoms with Crippen LogP contribution in [0.5, 0.6) is 0 Å². The van der Waals surface area contributed by atoms with Crippen LogP contribution in [0.2, 0.25) is 10.0 Å². The molecular formula is C13H11Cl2NO3S. The molecule has 0 saturated carbocycles. The highest BCUT2D eigenvalue weighted by Crippen LogP contribution is 2.24. The second-order valence-electron chi connectivity index (χ2n) is 4.02. The molecule has 2 aromatic carbocycles. The van der Waals surface area contributed by atoms with Gasteiger partial charge in [0.15, 0.2) is 0 Å². The summed E-state index contributed by atoms with van der Waals surface area (Å²) in [5.41, 5.74) is 0.682. The quantitative estimate of drug-likeness (QED) is 0.903. The minimum absolute atomic E-state index is 0.0840. The summed E-state index contributed by atoms with van der Waals surface area (Å²) < 4.78 is 26.8. The molecule has 0 aromatic heterocycles. The molecule has 106 valence electrons. The summed E-state index contributed by atoms with van der Waals surface area (Å²) in [5.74, 6) is 0. The van der Waals surface area contributed by atoms with Gasteiger partial charge in [0, 0.05) is 15.6 Å². The second-order valence-corrected chi connectivity index (χ2v) is 6.57. The Kier molecular flexibility index (Phi) is 4.55. The van der Waals surface area contributed by atoms with Crippen LogP contribution >= 0.6 is 23.2 Å². The highest BCUT2D eigenvalue weighted by atomic mass is 35.5. The van der Waals surface area contributed by atoms with Crippen LogP contribution in [0.15, 0.2) is 47.4 Å². The van der Waals surface area contributed by atoms with E-state index in [0.29, 0.717) is 15.6 Å². The first-order chi connectivity index (χ1) is 9.42. The average Bonchev–Trinajstić information content (AvgIpc) is 2.41. The van der Waals surface area contributed by atoms with Crippen LogP contribution in [-0.4, -0.2) is 13.5 Å². The standard InChI is InChI=1S/C13H11Cl2NO3S/c14-10-1-4-12(5-2-10)20(18,19)16-13-6-3-11(15)7-9(13)8-17/h1-7,16-17H,8H2. The lowest BCUT2D eigenvalue weighted by molar-refractivity contribution is 0.282. The molecule has 20 heavy (non-hydrogen) atoms. The Balaban J connectivity index is 2.35. The molecule has 4 nitrogen and oxygen atoms in total. The van der Waals surface area contributed by atoms with Gasteiger partial charge in [0.1, 0.15) is 0 Å². The fraction of sp³-hybridized carbons (Fsp3) is 0.0769. The van der Waals surface area contributed by atoms with Crippen molar-refractivity contribution in [3.8, 4) is 0 Å². The van der Waals surface area contributed by atoms with Crippen LogP contribution in [0, 0.1) is 0 Å². The predicted octanol–water partition coefficient (Wildman–Crippen LogP) is 3.29. The summed E-state index contributed by atoms with van der Waals surface area (Å²) in [6.07, 6.45) is 0. The molecule has 0 aliphatic rings. The Morgan fingerprint density at radius 1 is 1.00 bits per heavy atom. The first-order valence-corrected chi connectivity index (χ1v) is 7.84. The summed E-state index contributed by atoms with van der Waals surface area (Å²) in [6.45, 7) is -0.320. The van der Waals surface area contributed by atoms with Gasteiger partial charge in [-0.05, 0) is 42.5 Å². The number of anilines is 1. The molecule has 0 unspecified atom stereocenters. The van der Waals surface area contributed by atoms with Crippen LogP contribution in [0.3, 0.4) is 0 Å². The molecular weight excluding hydrogens is 321 g/mol. The molecule has 0 saturated heterocycles. The summed E-state index contributed by atoms with van der Waals surface area (Å²) >= 11 is 11.5. The minimum atomic E-state index is -3.74. The van der Waals surface area contributed by atoms with Gasteiger partial charge < -0.3 is 5.11 Å². The largest absolute Gasteiger partial charge is 0.392 e. The Bertz CT molecular complexity index is 715. The predicted molar refractivity (Wildman–Crippen MR) is 79.6 cm³/mol. The molecule has 2 N–H and O–H groups in total. The molecule has 0 aliphatic heterocycles. The van der Waals surface area contributed by atoms with E-state index in [-0.39, 0.29) is 17.2 Å². The van der Waals surface area contributed by atoms with E-state index in [0.717, 1.165) is 0 Å². The molecule has 0 spiro atoms. The summed E-state index contributed by atoms with van der Waals surface area (Å²) in [7, 11) is -3.74. The van der Waals surface area contributed by atoms with Gasteiger partial charge in [-0.3, -0.25) is 4.72 Å². The van der Waals surface area contributed by atoms with Crippen LogP contribution < -0.4 is 4.72 Å². The third-order valence-electron chi connectivity index (χ3n) is 2.61. The highest BCUT2D eigenvalue weighted by molar-refractivity contribution is 7.92. The number of halogens is 2. The maximum atomic E-state index is 12.2. The molecule has 0 heterocycles. The first-order valence-electron chi connectivity index (χ1n) is 5.60. The normalized spacial score (nSPS) is 11.3. The summed E-state index contributed by atoms with van der Waals surface area (Å²) in [5, 5.41) is 10.1. The van der Waals surface area contributed by atoms with E-state index in [1.807, 2.05) is 0 Å². The highest BCUT2D eigenvalue weighted by Gasteiger charge is 2.15.